The Hall–Kier alpha value is -2.53. The first-order valence-electron chi connectivity index (χ1n) is 6.49. The molecule has 1 aliphatic rings. The summed E-state index contributed by atoms with van der Waals surface area (Å²) in [5.74, 6) is 1.46. The number of anilines is 1. The highest BCUT2D eigenvalue weighted by molar-refractivity contribution is 6.32. The van der Waals surface area contributed by atoms with Crippen LogP contribution in [0.25, 0.3) is 5.70 Å². The predicted molar refractivity (Wildman–Crippen MR) is 79.9 cm³/mol. The van der Waals surface area contributed by atoms with Crippen molar-refractivity contribution in [3.8, 4) is 0 Å². The first-order chi connectivity index (χ1) is 10.3. The second kappa shape index (κ2) is 4.79. The maximum Gasteiger partial charge on any atom is 0.226 e. The van der Waals surface area contributed by atoms with E-state index in [0.717, 1.165) is 17.0 Å². The van der Waals surface area contributed by atoms with Crippen molar-refractivity contribution < 1.29 is 4.42 Å². The normalized spacial score (nSPS) is 17.0. The Bertz CT molecular complexity index is 807. The average molecular weight is 299 g/mol. The van der Waals surface area contributed by atoms with Crippen LogP contribution >= 0.6 is 11.6 Å². The molecule has 1 aromatic carbocycles. The first kappa shape index (κ1) is 12.2. The molecule has 3 aromatic rings. The molecular weight excluding hydrogens is 288 g/mol. The molecule has 1 N–H and O–H groups in total. The topological polar surface area (TPSA) is 55.9 Å². The Kier molecular flexibility index (Phi) is 2.79. The Morgan fingerprint density at radius 3 is 2.90 bits per heavy atom. The SMILES string of the molecule is Clc1ccccc1C1=C[C@H](c2ccco2)n2ncnc2N1. The third-order valence-corrected chi connectivity index (χ3v) is 3.74. The third kappa shape index (κ3) is 2.02. The molecule has 0 fully saturated rings. The molecule has 4 rings (SSSR count). The van der Waals surface area contributed by atoms with E-state index in [1.54, 1.807) is 10.9 Å². The standard InChI is InChI=1S/C15H11ClN4O/c16-11-5-2-1-4-10(11)12-8-13(14-6-3-7-21-14)20-15(19-12)17-9-18-20/h1-9,13H,(H,17,18,19)/t13-/m1/s1. The fourth-order valence-corrected chi connectivity index (χ4v) is 2.67. The van der Waals surface area contributed by atoms with Crippen LogP contribution in [0, 0.1) is 0 Å². The van der Waals surface area contributed by atoms with Crippen molar-refractivity contribution >= 4 is 23.2 Å². The summed E-state index contributed by atoms with van der Waals surface area (Å²) in [6.07, 6.45) is 5.19. The average Bonchev–Trinajstić information content (AvgIpc) is 3.18. The minimum absolute atomic E-state index is 0.148. The Morgan fingerprint density at radius 2 is 2.10 bits per heavy atom. The van der Waals surface area contributed by atoms with E-state index in [1.807, 2.05) is 42.5 Å². The van der Waals surface area contributed by atoms with Crippen molar-refractivity contribution in [1.82, 2.24) is 14.8 Å². The molecule has 0 saturated heterocycles. The second-order valence-electron chi connectivity index (χ2n) is 4.67. The number of halogens is 1. The maximum atomic E-state index is 6.28. The van der Waals surface area contributed by atoms with E-state index < -0.39 is 0 Å². The Labute approximate surface area is 125 Å². The zero-order valence-electron chi connectivity index (χ0n) is 10.9. The van der Waals surface area contributed by atoms with Gasteiger partial charge in [-0.1, -0.05) is 29.8 Å². The Balaban J connectivity index is 1.85. The molecular formula is C15H11ClN4O. The lowest BCUT2D eigenvalue weighted by atomic mass is 10.1. The zero-order valence-corrected chi connectivity index (χ0v) is 11.7. The summed E-state index contributed by atoms with van der Waals surface area (Å²) in [7, 11) is 0. The molecule has 1 aliphatic heterocycles. The number of hydrogen-bond donors (Lipinski definition) is 1. The largest absolute Gasteiger partial charge is 0.467 e. The van der Waals surface area contributed by atoms with Crippen molar-refractivity contribution in [2.75, 3.05) is 5.32 Å². The van der Waals surface area contributed by atoms with Crippen LogP contribution in [0.4, 0.5) is 5.95 Å². The molecule has 6 heteroatoms. The van der Waals surface area contributed by atoms with Gasteiger partial charge in [-0.3, -0.25) is 0 Å². The van der Waals surface area contributed by atoms with Gasteiger partial charge in [-0.15, -0.1) is 0 Å². The summed E-state index contributed by atoms with van der Waals surface area (Å²) in [5.41, 5.74) is 1.81. The lowest BCUT2D eigenvalue weighted by Crippen LogP contribution is -2.19. The fourth-order valence-electron chi connectivity index (χ4n) is 2.43. The number of nitrogens with one attached hydrogen (secondary N) is 1. The van der Waals surface area contributed by atoms with Crippen molar-refractivity contribution in [3.05, 3.63) is 71.4 Å². The highest BCUT2D eigenvalue weighted by atomic mass is 35.5. The summed E-state index contributed by atoms with van der Waals surface area (Å²) < 4.78 is 7.30. The molecule has 0 unspecified atom stereocenters. The lowest BCUT2D eigenvalue weighted by molar-refractivity contribution is 0.448. The van der Waals surface area contributed by atoms with E-state index in [-0.39, 0.29) is 6.04 Å². The fraction of sp³-hybridized carbons (Fsp3) is 0.0667. The van der Waals surface area contributed by atoms with Crippen LogP contribution in [-0.4, -0.2) is 14.8 Å². The summed E-state index contributed by atoms with van der Waals surface area (Å²) in [6.45, 7) is 0. The van der Waals surface area contributed by atoms with Gasteiger partial charge >= 0.3 is 0 Å². The van der Waals surface area contributed by atoms with Crippen LogP contribution in [-0.2, 0) is 0 Å². The van der Waals surface area contributed by atoms with Gasteiger partial charge in [0, 0.05) is 16.3 Å². The zero-order chi connectivity index (χ0) is 14.2. The van der Waals surface area contributed by atoms with E-state index in [2.05, 4.69) is 15.4 Å². The van der Waals surface area contributed by atoms with Crippen LogP contribution in [0.1, 0.15) is 17.4 Å². The minimum atomic E-state index is -0.148. The number of rotatable bonds is 2. The van der Waals surface area contributed by atoms with E-state index in [9.17, 15) is 0 Å². The Morgan fingerprint density at radius 1 is 1.19 bits per heavy atom. The van der Waals surface area contributed by atoms with Gasteiger partial charge in [0.1, 0.15) is 18.1 Å². The maximum absolute atomic E-state index is 6.28. The van der Waals surface area contributed by atoms with Gasteiger partial charge in [0.25, 0.3) is 0 Å². The molecule has 0 radical (unpaired) electrons. The van der Waals surface area contributed by atoms with Gasteiger partial charge in [0.15, 0.2) is 0 Å². The van der Waals surface area contributed by atoms with Crippen molar-refractivity contribution in [2.45, 2.75) is 6.04 Å². The first-order valence-corrected chi connectivity index (χ1v) is 6.87. The van der Waals surface area contributed by atoms with Crippen LogP contribution in [0.3, 0.4) is 0 Å². The van der Waals surface area contributed by atoms with Gasteiger partial charge in [-0.2, -0.15) is 10.1 Å². The van der Waals surface area contributed by atoms with E-state index >= 15 is 0 Å². The third-order valence-electron chi connectivity index (χ3n) is 3.41. The van der Waals surface area contributed by atoms with Gasteiger partial charge in [0.05, 0.1) is 6.26 Å². The summed E-state index contributed by atoms with van der Waals surface area (Å²) in [6, 6.07) is 11.3. The molecule has 0 saturated carbocycles. The summed E-state index contributed by atoms with van der Waals surface area (Å²) in [4.78, 5) is 4.24. The lowest BCUT2D eigenvalue weighted by Gasteiger charge is -2.23. The van der Waals surface area contributed by atoms with Crippen LogP contribution < -0.4 is 5.32 Å². The minimum Gasteiger partial charge on any atom is -0.467 e. The highest BCUT2D eigenvalue weighted by Gasteiger charge is 2.25. The quantitative estimate of drug-likeness (QED) is 0.785. The van der Waals surface area contributed by atoms with Crippen LogP contribution in [0.5, 0.6) is 0 Å². The van der Waals surface area contributed by atoms with Gasteiger partial charge in [-0.25, -0.2) is 4.68 Å². The van der Waals surface area contributed by atoms with E-state index in [1.165, 1.54) is 6.33 Å². The molecule has 0 aliphatic carbocycles. The number of furan rings is 1. The monoisotopic (exact) mass is 298 g/mol. The van der Waals surface area contributed by atoms with Gasteiger partial charge in [0.2, 0.25) is 5.95 Å². The van der Waals surface area contributed by atoms with E-state index in [4.69, 9.17) is 16.0 Å². The second-order valence-corrected chi connectivity index (χ2v) is 5.08. The van der Waals surface area contributed by atoms with Crippen molar-refractivity contribution in [3.63, 3.8) is 0 Å². The molecule has 2 aromatic heterocycles. The number of fused-ring (bicyclic) bond motifs is 1. The van der Waals surface area contributed by atoms with Crippen LogP contribution in [0.15, 0.2) is 59.5 Å². The molecule has 3 heterocycles. The highest BCUT2D eigenvalue weighted by Crippen LogP contribution is 2.34. The number of benzene rings is 1. The van der Waals surface area contributed by atoms with Crippen LogP contribution in [0.2, 0.25) is 5.02 Å². The molecule has 1 atom stereocenters. The number of nitrogens with zero attached hydrogens (tertiary/aromatic N) is 3. The van der Waals surface area contributed by atoms with E-state index in [0.29, 0.717) is 11.0 Å². The van der Waals surface area contributed by atoms with Crippen molar-refractivity contribution in [2.24, 2.45) is 0 Å². The summed E-state index contributed by atoms with van der Waals surface area (Å²) in [5, 5.41) is 8.18. The molecule has 0 spiro atoms. The molecule has 5 nitrogen and oxygen atoms in total. The van der Waals surface area contributed by atoms with Gasteiger partial charge < -0.3 is 9.73 Å². The number of allylic oxidation sites excluding steroid dienone is 1. The predicted octanol–water partition coefficient (Wildman–Crippen LogP) is 3.58. The smallest absolute Gasteiger partial charge is 0.226 e. The number of aromatic nitrogens is 3. The molecule has 0 amide bonds. The number of hydrogen-bond acceptors (Lipinski definition) is 4. The molecule has 104 valence electrons. The molecule has 0 bridgehead atoms. The van der Waals surface area contributed by atoms with Gasteiger partial charge in [-0.05, 0) is 24.3 Å². The van der Waals surface area contributed by atoms with Crippen molar-refractivity contribution in [1.29, 1.82) is 0 Å². The molecule has 21 heavy (non-hydrogen) atoms. The summed E-state index contributed by atoms with van der Waals surface area (Å²) >= 11 is 6.28.